The summed E-state index contributed by atoms with van der Waals surface area (Å²) in [4.78, 5) is 12.4. The highest BCUT2D eigenvalue weighted by molar-refractivity contribution is 5.93. The molecule has 1 aromatic heterocycles. The summed E-state index contributed by atoms with van der Waals surface area (Å²) < 4.78 is 5.24. The number of methoxy groups -OCH3 is 1. The first kappa shape index (κ1) is 18.7. The molecule has 140 valence electrons. The third-order valence-corrected chi connectivity index (χ3v) is 4.44. The number of anilines is 1. The summed E-state index contributed by atoms with van der Waals surface area (Å²) in [5, 5.41) is 13.3. The Morgan fingerprint density at radius 1 is 1.07 bits per heavy atom. The summed E-state index contributed by atoms with van der Waals surface area (Å²) in [7, 11) is 1.64. The van der Waals surface area contributed by atoms with Crippen molar-refractivity contribution in [1.29, 1.82) is 0 Å². The fourth-order valence-corrected chi connectivity index (χ4v) is 2.98. The maximum Gasteiger partial charge on any atom is 0.238 e. The minimum absolute atomic E-state index is 0.102. The Kier molecular flexibility index (Phi) is 5.88. The van der Waals surface area contributed by atoms with E-state index in [1.807, 2.05) is 68.4 Å². The van der Waals surface area contributed by atoms with E-state index in [0.29, 0.717) is 0 Å². The average Bonchev–Trinajstić information content (AvgIpc) is 3.01. The Morgan fingerprint density at radius 3 is 2.33 bits per heavy atom. The molecule has 0 fully saturated rings. The molecule has 0 saturated carbocycles. The lowest BCUT2D eigenvalue weighted by atomic mass is 9.98. The van der Waals surface area contributed by atoms with Gasteiger partial charge in [0, 0.05) is 0 Å². The first-order chi connectivity index (χ1) is 13.1. The molecule has 6 nitrogen and oxygen atoms in total. The van der Waals surface area contributed by atoms with E-state index in [9.17, 15) is 4.79 Å². The van der Waals surface area contributed by atoms with Crippen LogP contribution in [-0.4, -0.2) is 29.8 Å². The zero-order chi connectivity index (χ0) is 19.2. The molecule has 0 spiro atoms. The van der Waals surface area contributed by atoms with Gasteiger partial charge in [0.25, 0.3) is 0 Å². The Bertz CT molecular complexity index is 869. The van der Waals surface area contributed by atoms with E-state index in [1.54, 1.807) is 7.11 Å². The van der Waals surface area contributed by atoms with Gasteiger partial charge >= 0.3 is 0 Å². The number of benzene rings is 2. The van der Waals surface area contributed by atoms with Gasteiger partial charge in [-0.15, -0.1) is 0 Å². The summed E-state index contributed by atoms with van der Waals surface area (Å²) in [5.74, 6) is 0.686. The van der Waals surface area contributed by atoms with E-state index < -0.39 is 0 Å². The highest BCUT2D eigenvalue weighted by atomic mass is 16.5. The second-order valence-electron chi connectivity index (χ2n) is 6.35. The molecule has 6 heteroatoms. The molecular formula is C21H24N4O2. The van der Waals surface area contributed by atoms with Gasteiger partial charge < -0.3 is 10.1 Å². The van der Waals surface area contributed by atoms with Crippen LogP contribution in [0.25, 0.3) is 0 Å². The Balaban J connectivity index is 1.74. The first-order valence-electron chi connectivity index (χ1n) is 8.82. The van der Waals surface area contributed by atoms with Crippen LogP contribution in [0.4, 0.5) is 5.69 Å². The number of amides is 1. The number of nitrogens with zero attached hydrogens (tertiary/aromatic N) is 1. The van der Waals surface area contributed by atoms with Gasteiger partial charge in [-0.05, 0) is 37.1 Å². The van der Waals surface area contributed by atoms with E-state index in [-0.39, 0.29) is 18.5 Å². The molecule has 1 amide bonds. The van der Waals surface area contributed by atoms with Crippen molar-refractivity contribution < 1.29 is 9.53 Å². The zero-order valence-electron chi connectivity index (χ0n) is 15.7. The lowest BCUT2D eigenvalue weighted by Crippen LogP contribution is -2.32. The molecule has 0 aliphatic rings. The number of nitrogens with one attached hydrogen (secondary N) is 3. The van der Waals surface area contributed by atoms with Crippen LogP contribution in [-0.2, 0) is 4.79 Å². The number of hydrogen-bond acceptors (Lipinski definition) is 4. The standard InChI is InChI=1S/C21H24N4O2/c1-14-20(15(2)25-24-14)23-19(26)13-22-21(16-7-5-4-6-8-16)17-9-11-18(27-3)12-10-17/h4-12,21-22H,13H2,1-3H3,(H,23,26)(H,24,25). The number of aromatic amines is 1. The fraction of sp³-hybridized carbons (Fsp3) is 0.238. The molecule has 0 radical (unpaired) electrons. The summed E-state index contributed by atoms with van der Waals surface area (Å²) in [6.45, 7) is 3.92. The third kappa shape index (κ3) is 4.54. The number of aromatic nitrogens is 2. The molecule has 27 heavy (non-hydrogen) atoms. The van der Waals surface area contributed by atoms with Gasteiger partial charge in [-0.1, -0.05) is 42.5 Å². The van der Waals surface area contributed by atoms with Crippen molar-refractivity contribution >= 4 is 11.6 Å². The van der Waals surface area contributed by atoms with Crippen LogP contribution in [0.3, 0.4) is 0 Å². The van der Waals surface area contributed by atoms with Crippen LogP contribution >= 0.6 is 0 Å². The van der Waals surface area contributed by atoms with Crippen molar-refractivity contribution in [1.82, 2.24) is 15.5 Å². The number of ether oxygens (including phenoxy) is 1. The predicted molar refractivity (Wildman–Crippen MR) is 106 cm³/mol. The average molecular weight is 364 g/mol. The van der Waals surface area contributed by atoms with E-state index in [0.717, 1.165) is 34.0 Å². The smallest absolute Gasteiger partial charge is 0.238 e. The van der Waals surface area contributed by atoms with Crippen molar-refractivity contribution in [2.45, 2.75) is 19.9 Å². The van der Waals surface area contributed by atoms with Crippen LogP contribution in [0.2, 0.25) is 0 Å². The molecule has 1 unspecified atom stereocenters. The second-order valence-corrected chi connectivity index (χ2v) is 6.35. The molecule has 0 bridgehead atoms. The molecule has 1 heterocycles. The van der Waals surface area contributed by atoms with Gasteiger partial charge in [-0.2, -0.15) is 5.10 Å². The van der Waals surface area contributed by atoms with Crippen molar-refractivity contribution in [3.63, 3.8) is 0 Å². The SMILES string of the molecule is COc1ccc(C(NCC(=O)Nc2c(C)n[nH]c2C)c2ccccc2)cc1. The van der Waals surface area contributed by atoms with Gasteiger partial charge in [-0.25, -0.2) is 0 Å². The molecule has 0 saturated heterocycles. The number of aryl methyl sites for hydroxylation is 2. The summed E-state index contributed by atoms with van der Waals surface area (Å²) in [5.41, 5.74) is 4.50. The van der Waals surface area contributed by atoms with Crippen LogP contribution in [0.5, 0.6) is 5.75 Å². The van der Waals surface area contributed by atoms with E-state index in [1.165, 1.54) is 0 Å². The van der Waals surface area contributed by atoms with Gasteiger partial charge in [-0.3, -0.25) is 15.2 Å². The normalized spacial score (nSPS) is 11.8. The quantitative estimate of drug-likeness (QED) is 0.601. The number of H-pyrrole nitrogens is 1. The third-order valence-electron chi connectivity index (χ3n) is 4.44. The number of carbonyl (C=O) groups is 1. The van der Waals surface area contributed by atoms with Crippen molar-refractivity contribution in [3.8, 4) is 5.75 Å². The minimum Gasteiger partial charge on any atom is -0.497 e. The molecule has 3 aromatic rings. The van der Waals surface area contributed by atoms with E-state index in [2.05, 4.69) is 20.8 Å². The minimum atomic E-state index is -0.114. The van der Waals surface area contributed by atoms with Gasteiger partial charge in [0.2, 0.25) is 5.91 Å². The summed E-state index contributed by atoms with van der Waals surface area (Å²) >= 11 is 0. The second kappa shape index (κ2) is 8.51. The molecule has 1 atom stereocenters. The van der Waals surface area contributed by atoms with Crippen LogP contribution in [0.1, 0.15) is 28.6 Å². The summed E-state index contributed by atoms with van der Waals surface area (Å²) in [6, 6.07) is 17.8. The number of rotatable bonds is 7. The van der Waals surface area contributed by atoms with Crippen molar-refractivity contribution in [2.75, 3.05) is 19.0 Å². The van der Waals surface area contributed by atoms with E-state index in [4.69, 9.17) is 4.74 Å². The van der Waals surface area contributed by atoms with Crippen LogP contribution in [0.15, 0.2) is 54.6 Å². The molecule has 3 rings (SSSR count). The van der Waals surface area contributed by atoms with Gasteiger partial charge in [0.15, 0.2) is 0 Å². The van der Waals surface area contributed by atoms with E-state index >= 15 is 0 Å². The van der Waals surface area contributed by atoms with Crippen LogP contribution < -0.4 is 15.4 Å². The predicted octanol–water partition coefficient (Wildman–Crippen LogP) is 3.35. The first-order valence-corrected chi connectivity index (χ1v) is 8.82. The van der Waals surface area contributed by atoms with Crippen molar-refractivity contribution in [2.24, 2.45) is 0 Å². The molecule has 2 aromatic carbocycles. The van der Waals surface area contributed by atoms with Crippen LogP contribution in [0, 0.1) is 13.8 Å². The maximum absolute atomic E-state index is 12.4. The number of carbonyl (C=O) groups excluding carboxylic acids is 1. The topological polar surface area (TPSA) is 79.0 Å². The molecule has 0 aliphatic carbocycles. The fourth-order valence-electron chi connectivity index (χ4n) is 2.98. The summed E-state index contributed by atoms with van der Waals surface area (Å²) in [6.07, 6.45) is 0. The lowest BCUT2D eigenvalue weighted by molar-refractivity contribution is -0.115. The lowest BCUT2D eigenvalue weighted by Gasteiger charge is -2.20. The van der Waals surface area contributed by atoms with Crippen molar-refractivity contribution in [3.05, 3.63) is 77.1 Å². The monoisotopic (exact) mass is 364 g/mol. The number of hydrogen-bond donors (Lipinski definition) is 3. The highest BCUT2D eigenvalue weighted by Crippen LogP contribution is 2.24. The molecular weight excluding hydrogens is 340 g/mol. The Hall–Kier alpha value is -3.12. The largest absolute Gasteiger partial charge is 0.497 e. The maximum atomic E-state index is 12.4. The van der Waals surface area contributed by atoms with Gasteiger partial charge in [0.05, 0.1) is 36.8 Å². The highest BCUT2D eigenvalue weighted by Gasteiger charge is 2.16. The molecule has 0 aliphatic heterocycles. The zero-order valence-corrected chi connectivity index (χ0v) is 15.7. The Labute approximate surface area is 159 Å². The Morgan fingerprint density at radius 2 is 1.74 bits per heavy atom. The van der Waals surface area contributed by atoms with Gasteiger partial charge in [0.1, 0.15) is 5.75 Å². The molecule has 3 N–H and O–H groups in total.